The van der Waals surface area contributed by atoms with E-state index in [-0.39, 0.29) is 16.8 Å². The number of hydrogen-bond acceptors (Lipinski definition) is 4. The van der Waals surface area contributed by atoms with E-state index in [1.54, 1.807) is 5.38 Å². The highest BCUT2D eigenvalue weighted by Gasteiger charge is 2.36. The van der Waals surface area contributed by atoms with Gasteiger partial charge in [-0.15, -0.1) is 11.3 Å². The second-order valence-corrected chi connectivity index (χ2v) is 7.93. The highest BCUT2D eigenvalue weighted by atomic mass is 32.2. The van der Waals surface area contributed by atoms with E-state index in [1.807, 2.05) is 13.8 Å². The van der Waals surface area contributed by atoms with Gasteiger partial charge in [-0.2, -0.15) is 17.5 Å². The van der Waals surface area contributed by atoms with Crippen molar-refractivity contribution in [2.45, 2.75) is 43.7 Å². The maximum absolute atomic E-state index is 12.4. The Morgan fingerprint density at radius 3 is 2.48 bits per heavy atom. The van der Waals surface area contributed by atoms with Crippen molar-refractivity contribution in [1.82, 2.24) is 9.62 Å². The highest BCUT2D eigenvalue weighted by Crippen LogP contribution is 2.26. The summed E-state index contributed by atoms with van der Waals surface area (Å²) in [5.74, 6) is 0. The van der Waals surface area contributed by atoms with Gasteiger partial charge in [0.15, 0.2) is 0 Å². The summed E-state index contributed by atoms with van der Waals surface area (Å²) in [5.41, 5.74) is 0.746. The molecule has 0 atom stereocenters. The third-order valence-corrected chi connectivity index (χ3v) is 6.03. The first-order valence-electron chi connectivity index (χ1n) is 6.44. The Morgan fingerprint density at radius 1 is 1.38 bits per heavy atom. The topological polar surface area (TPSA) is 49.4 Å². The van der Waals surface area contributed by atoms with E-state index in [1.165, 1.54) is 13.0 Å². The van der Waals surface area contributed by atoms with Crippen molar-refractivity contribution in [2.24, 2.45) is 0 Å². The number of hydrogen-bond donors (Lipinski definition) is 1. The van der Waals surface area contributed by atoms with Gasteiger partial charge >= 0.3 is 6.18 Å². The molecule has 1 aromatic heterocycles. The second kappa shape index (κ2) is 7.08. The molecule has 0 fully saturated rings. The van der Waals surface area contributed by atoms with Crippen molar-refractivity contribution in [1.29, 1.82) is 0 Å². The van der Waals surface area contributed by atoms with Crippen LogP contribution in [-0.2, 0) is 16.6 Å². The zero-order chi connectivity index (χ0) is 16.3. The second-order valence-electron chi connectivity index (χ2n) is 4.86. The van der Waals surface area contributed by atoms with Gasteiger partial charge in [-0.1, -0.05) is 20.8 Å². The summed E-state index contributed by atoms with van der Waals surface area (Å²) in [5, 5.41) is 4.77. The molecule has 0 bridgehead atoms. The fraction of sp³-hybridized carbons (Fsp3) is 0.667. The van der Waals surface area contributed by atoms with Crippen molar-refractivity contribution in [3.63, 3.8) is 0 Å². The molecule has 1 rings (SSSR count). The van der Waals surface area contributed by atoms with E-state index < -0.39 is 22.7 Å². The standard InChI is InChI=1S/C12H19F3N2O2S2/c1-4-17(8-12(13,14)15)21(18,19)11-5-10(7-20-11)6-16-9(2)3/h5,7,9,16H,4,6,8H2,1-3H3. The van der Waals surface area contributed by atoms with Gasteiger partial charge in [0.1, 0.15) is 10.8 Å². The van der Waals surface area contributed by atoms with Gasteiger partial charge < -0.3 is 5.32 Å². The monoisotopic (exact) mass is 344 g/mol. The largest absolute Gasteiger partial charge is 0.402 e. The molecule has 1 aromatic rings. The average molecular weight is 344 g/mol. The predicted octanol–water partition coefficient (Wildman–Crippen LogP) is 2.82. The lowest BCUT2D eigenvalue weighted by molar-refractivity contribution is -0.135. The molecule has 0 amide bonds. The molecule has 21 heavy (non-hydrogen) atoms. The summed E-state index contributed by atoms with van der Waals surface area (Å²) in [4.78, 5) is 0. The molecule has 0 aromatic carbocycles. The Hall–Kier alpha value is -0.640. The average Bonchev–Trinajstić information content (AvgIpc) is 2.81. The number of rotatable bonds is 7. The Labute approximate surface area is 127 Å². The fourth-order valence-corrected chi connectivity index (χ4v) is 4.39. The Balaban J connectivity index is 2.91. The lowest BCUT2D eigenvalue weighted by Crippen LogP contribution is -2.38. The first kappa shape index (κ1) is 18.4. The third-order valence-electron chi connectivity index (χ3n) is 2.65. The number of alkyl halides is 3. The molecule has 0 radical (unpaired) electrons. The molecule has 0 saturated carbocycles. The smallest absolute Gasteiger partial charge is 0.310 e. The highest BCUT2D eigenvalue weighted by molar-refractivity contribution is 7.91. The van der Waals surface area contributed by atoms with Crippen molar-refractivity contribution in [3.05, 3.63) is 17.0 Å². The molecule has 0 aliphatic heterocycles. The SMILES string of the molecule is CCN(CC(F)(F)F)S(=O)(=O)c1cc(CNC(C)C)cs1. The quantitative estimate of drug-likeness (QED) is 0.827. The van der Waals surface area contributed by atoms with Crippen molar-refractivity contribution in [2.75, 3.05) is 13.1 Å². The van der Waals surface area contributed by atoms with E-state index in [9.17, 15) is 21.6 Å². The first-order valence-corrected chi connectivity index (χ1v) is 8.76. The van der Waals surface area contributed by atoms with Crippen molar-refractivity contribution >= 4 is 21.4 Å². The van der Waals surface area contributed by atoms with Crippen LogP contribution in [0.1, 0.15) is 26.3 Å². The molecule has 0 aliphatic rings. The van der Waals surface area contributed by atoms with Crippen LogP contribution in [0.4, 0.5) is 13.2 Å². The molecule has 1 N–H and O–H groups in total. The van der Waals surface area contributed by atoms with Crippen molar-refractivity contribution < 1.29 is 21.6 Å². The van der Waals surface area contributed by atoms with Gasteiger partial charge in [-0.25, -0.2) is 8.42 Å². The molecule has 4 nitrogen and oxygen atoms in total. The van der Waals surface area contributed by atoms with Crippen LogP contribution in [0, 0.1) is 0 Å². The van der Waals surface area contributed by atoms with Gasteiger partial charge in [0.25, 0.3) is 10.0 Å². The Morgan fingerprint density at radius 2 is 2.00 bits per heavy atom. The fourth-order valence-electron chi connectivity index (χ4n) is 1.60. The van der Waals surface area contributed by atoms with E-state index in [0.717, 1.165) is 16.9 Å². The van der Waals surface area contributed by atoms with Gasteiger partial charge in [0.2, 0.25) is 0 Å². The van der Waals surface area contributed by atoms with Crippen molar-refractivity contribution in [3.8, 4) is 0 Å². The van der Waals surface area contributed by atoms with Crippen LogP contribution >= 0.6 is 11.3 Å². The number of halogens is 3. The normalized spacial score (nSPS) is 13.3. The predicted molar refractivity (Wildman–Crippen MR) is 76.8 cm³/mol. The van der Waals surface area contributed by atoms with Crippen LogP contribution in [-0.4, -0.2) is 38.0 Å². The number of nitrogens with one attached hydrogen (secondary N) is 1. The van der Waals surface area contributed by atoms with Gasteiger partial charge in [0.05, 0.1) is 0 Å². The number of thiophene rings is 1. The van der Waals surface area contributed by atoms with Crippen LogP contribution in [0.2, 0.25) is 0 Å². The van der Waals surface area contributed by atoms with Crippen LogP contribution in [0.25, 0.3) is 0 Å². The van der Waals surface area contributed by atoms with Gasteiger partial charge in [-0.3, -0.25) is 0 Å². The molecular formula is C12H19F3N2O2S2. The number of sulfonamides is 1. The van der Waals surface area contributed by atoms with E-state index in [4.69, 9.17) is 0 Å². The van der Waals surface area contributed by atoms with E-state index in [2.05, 4.69) is 5.32 Å². The summed E-state index contributed by atoms with van der Waals surface area (Å²) in [6, 6.07) is 1.66. The third kappa shape index (κ3) is 5.57. The molecular weight excluding hydrogens is 325 g/mol. The summed E-state index contributed by atoms with van der Waals surface area (Å²) < 4.78 is 62.1. The Bertz CT molecular complexity index is 553. The minimum absolute atomic E-state index is 0.0610. The summed E-state index contributed by atoms with van der Waals surface area (Å²) >= 11 is 0.941. The van der Waals surface area contributed by atoms with Crippen LogP contribution in [0.5, 0.6) is 0 Å². The lowest BCUT2D eigenvalue weighted by atomic mass is 10.3. The molecule has 122 valence electrons. The lowest BCUT2D eigenvalue weighted by Gasteiger charge is -2.20. The number of nitrogens with zero attached hydrogens (tertiary/aromatic N) is 1. The Kier molecular flexibility index (Phi) is 6.21. The first-order chi connectivity index (χ1) is 9.56. The molecule has 0 spiro atoms. The zero-order valence-corrected chi connectivity index (χ0v) is 13.7. The van der Waals surface area contributed by atoms with Crippen LogP contribution in [0.3, 0.4) is 0 Å². The minimum atomic E-state index is -4.55. The van der Waals surface area contributed by atoms with E-state index in [0.29, 0.717) is 10.8 Å². The van der Waals surface area contributed by atoms with Gasteiger partial charge in [0, 0.05) is 19.1 Å². The molecule has 0 aliphatic carbocycles. The van der Waals surface area contributed by atoms with Crippen LogP contribution in [0.15, 0.2) is 15.7 Å². The molecule has 1 heterocycles. The van der Waals surface area contributed by atoms with Gasteiger partial charge in [-0.05, 0) is 17.0 Å². The summed E-state index contributed by atoms with van der Waals surface area (Å²) in [6.45, 7) is 4.08. The maximum Gasteiger partial charge on any atom is 0.402 e. The zero-order valence-electron chi connectivity index (χ0n) is 12.1. The van der Waals surface area contributed by atoms with E-state index >= 15 is 0 Å². The molecule has 0 saturated heterocycles. The molecule has 0 unspecified atom stereocenters. The maximum atomic E-state index is 12.4. The summed E-state index contributed by atoms with van der Waals surface area (Å²) in [6.07, 6.45) is -4.55. The minimum Gasteiger partial charge on any atom is -0.310 e. The van der Waals surface area contributed by atoms with Crippen LogP contribution < -0.4 is 5.32 Å². The molecule has 9 heteroatoms. The summed E-state index contributed by atoms with van der Waals surface area (Å²) in [7, 11) is -4.10.